The molecule has 134 valence electrons. The van der Waals surface area contributed by atoms with Gasteiger partial charge in [0.1, 0.15) is 0 Å². The number of benzene rings is 2. The highest BCUT2D eigenvalue weighted by atomic mass is 16.5. The van der Waals surface area contributed by atoms with Gasteiger partial charge in [-0.05, 0) is 67.6 Å². The van der Waals surface area contributed by atoms with Gasteiger partial charge in [0.05, 0.1) is 20.3 Å². The summed E-state index contributed by atoms with van der Waals surface area (Å²) >= 11 is 0. The molecule has 2 rings (SSSR count). The van der Waals surface area contributed by atoms with E-state index in [1.54, 1.807) is 14.2 Å². The van der Waals surface area contributed by atoms with Gasteiger partial charge in [0.2, 0.25) is 0 Å². The summed E-state index contributed by atoms with van der Waals surface area (Å²) in [5.41, 5.74) is 5.02. The normalized spacial score (nSPS) is 11.8. The highest BCUT2D eigenvalue weighted by Crippen LogP contribution is 2.31. The van der Waals surface area contributed by atoms with Gasteiger partial charge in [-0.2, -0.15) is 0 Å². The molecule has 1 unspecified atom stereocenters. The lowest BCUT2D eigenvalue weighted by atomic mass is 9.99. The topological polar surface area (TPSA) is 47.6 Å². The van der Waals surface area contributed by atoms with Gasteiger partial charge in [-0.15, -0.1) is 0 Å². The molecule has 0 radical (unpaired) electrons. The number of amides is 1. The third-order valence-electron chi connectivity index (χ3n) is 4.61. The Labute approximate surface area is 150 Å². The molecule has 4 nitrogen and oxygen atoms in total. The SMILES string of the molecule is CCC(NC(=O)c1cc(C)c(C)cc1C)c1ccc(OC)c(OC)c1. The first kappa shape index (κ1) is 18.8. The van der Waals surface area contributed by atoms with Gasteiger partial charge in [0, 0.05) is 5.56 Å². The van der Waals surface area contributed by atoms with E-state index < -0.39 is 0 Å². The Balaban J connectivity index is 2.28. The summed E-state index contributed by atoms with van der Waals surface area (Å²) in [4.78, 5) is 12.8. The minimum atomic E-state index is -0.0895. The molecule has 2 aromatic rings. The number of nitrogens with one attached hydrogen (secondary N) is 1. The predicted octanol–water partition coefficient (Wildman–Crippen LogP) is 4.51. The van der Waals surface area contributed by atoms with Crippen molar-refractivity contribution in [2.75, 3.05) is 14.2 Å². The lowest BCUT2D eigenvalue weighted by molar-refractivity contribution is 0.0935. The van der Waals surface area contributed by atoms with Crippen molar-refractivity contribution in [1.29, 1.82) is 0 Å². The average Bonchev–Trinajstić information content (AvgIpc) is 2.61. The fraction of sp³-hybridized carbons (Fsp3) is 0.381. The molecule has 4 heteroatoms. The third-order valence-corrected chi connectivity index (χ3v) is 4.61. The van der Waals surface area contributed by atoms with E-state index in [4.69, 9.17) is 9.47 Å². The molecule has 0 spiro atoms. The summed E-state index contributed by atoms with van der Waals surface area (Å²) in [7, 11) is 3.22. The number of carbonyl (C=O) groups excluding carboxylic acids is 1. The molecule has 1 amide bonds. The van der Waals surface area contributed by atoms with Gasteiger partial charge in [0.25, 0.3) is 5.91 Å². The van der Waals surface area contributed by atoms with Crippen molar-refractivity contribution in [3.05, 3.63) is 58.1 Å². The van der Waals surface area contributed by atoms with Crippen molar-refractivity contribution in [3.8, 4) is 11.5 Å². The fourth-order valence-electron chi connectivity index (χ4n) is 2.93. The summed E-state index contributed by atoms with van der Waals surface area (Å²) < 4.78 is 10.7. The van der Waals surface area contributed by atoms with Crippen molar-refractivity contribution >= 4 is 5.91 Å². The van der Waals surface area contributed by atoms with E-state index in [9.17, 15) is 4.79 Å². The summed E-state index contributed by atoms with van der Waals surface area (Å²) in [6, 6.07) is 9.67. The Bertz CT molecular complexity index is 768. The van der Waals surface area contributed by atoms with Crippen LogP contribution in [0.4, 0.5) is 0 Å². The Morgan fingerprint density at radius 1 is 0.960 bits per heavy atom. The van der Waals surface area contributed by atoms with Crippen molar-refractivity contribution in [3.63, 3.8) is 0 Å². The lowest BCUT2D eigenvalue weighted by Crippen LogP contribution is -2.29. The Kier molecular flexibility index (Phi) is 6.07. The number of methoxy groups -OCH3 is 2. The lowest BCUT2D eigenvalue weighted by Gasteiger charge is -2.20. The van der Waals surface area contributed by atoms with Crippen LogP contribution in [0.5, 0.6) is 11.5 Å². The molecular weight excluding hydrogens is 314 g/mol. The van der Waals surface area contributed by atoms with Crippen LogP contribution in [-0.2, 0) is 0 Å². The summed E-state index contributed by atoms with van der Waals surface area (Å²) in [6.45, 7) is 8.10. The van der Waals surface area contributed by atoms with Crippen LogP contribution >= 0.6 is 0 Å². The predicted molar refractivity (Wildman–Crippen MR) is 101 cm³/mol. The Morgan fingerprint density at radius 3 is 2.20 bits per heavy atom. The second-order valence-electron chi connectivity index (χ2n) is 6.30. The molecular formula is C21H27NO3. The van der Waals surface area contributed by atoms with Gasteiger partial charge >= 0.3 is 0 Å². The monoisotopic (exact) mass is 341 g/mol. The van der Waals surface area contributed by atoms with E-state index in [0.717, 1.165) is 28.7 Å². The zero-order valence-corrected chi connectivity index (χ0v) is 15.9. The largest absolute Gasteiger partial charge is 0.493 e. The Morgan fingerprint density at radius 2 is 1.60 bits per heavy atom. The van der Waals surface area contributed by atoms with E-state index in [2.05, 4.69) is 25.2 Å². The second kappa shape index (κ2) is 8.06. The van der Waals surface area contributed by atoms with Gasteiger partial charge < -0.3 is 14.8 Å². The fourth-order valence-corrected chi connectivity index (χ4v) is 2.93. The maximum atomic E-state index is 12.8. The molecule has 1 N–H and O–H groups in total. The molecule has 25 heavy (non-hydrogen) atoms. The van der Waals surface area contributed by atoms with Gasteiger partial charge in [-0.1, -0.05) is 19.1 Å². The zero-order valence-electron chi connectivity index (χ0n) is 15.9. The van der Waals surface area contributed by atoms with Crippen LogP contribution in [0.25, 0.3) is 0 Å². The number of hydrogen-bond acceptors (Lipinski definition) is 3. The molecule has 0 aliphatic carbocycles. The highest BCUT2D eigenvalue weighted by molar-refractivity contribution is 5.96. The highest BCUT2D eigenvalue weighted by Gasteiger charge is 2.18. The number of carbonyl (C=O) groups is 1. The second-order valence-corrected chi connectivity index (χ2v) is 6.30. The average molecular weight is 341 g/mol. The molecule has 0 saturated heterocycles. The molecule has 1 atom stereocenters. The summed E-state index contributed by atoms with van der Waals surface area (Å²) in [6.07, 6.45) is 0.783. The van der Waals surface area contributed by atoms with E-state index in [0.29, 0.717) is 11.5 Å². The number of ether oxygens (including phenoxy) is 2. The molecule has 0 heterocycles. The number of rotatable bonds is 6. The number of hydrogen-bond donors (Lipinski definition) is 1. The third kappa shape index (κ3) is 4.13. The van der Waals surface area contributed by atoms with Crippen molar-refractivity contribution in [2.24, 2.45) is 0 Å². The quantitative estimate of drug-likeness (QED) is 0.841. The van der Waals surface area contributed by atoms with Crippen LogP contribution in [0.1, 0.15) is 52.0 Å². The molecule has 0 bridgehead atoms. The number of aryl methyl sites for hydroxylation is 3. The van der Waals surface area contributed by atoms with Crippen molar-refractivity contribution < 1.29 is 14.3 Å². The van der Waals surface area contributed by atoms with Crippen LogP contribution in [0.2, 0.25) is 0 Å². The molecule has 0 fully saturated rings. The van der Waals surface area contributed by atoms with Crippen LogP contribution in [0, 0.1) is 20.8 Å². The Hall–Kier alpha value is -2.49. The van der Waals surface area contributed by atoms with Crippen molar-refractivity contribution in [2.45, 2.75) is 40.2 Å². The van der Waals surface area contributed by atoms with Crippen LogP contribution in [-0.4, -0.2) is 20.1 Å². The minimum Gasteiger partial charge on any atom is -0.493 e. The molecule has 0 aliphatic rings. The maximum absolute atomic E-state index is 12.8. The van der Waals surface area contributed by atoms with Crippen LogP contribution < -0.4 is 14.8 Å². The molecule has 0 saturated carbocycles. The summed E-state index contributed by atoms with van der Waals surface area (Å²) in [5.74, 6) is 1.29. The minimum absolute atomic E-state index is 0.0535. The van der Waals surface area contributed by atoms with E-state index in [-0.39, 0.29) is 11.9 Å². The van der Waals surface area contributed by atoms with Crippen LogP contribution in [0.15, 0.2) is 30.3 Å². The van der Waals surface area contributed by atoms with Gasteiger partial charge in [-0.25, -0.2) is 0 Å². The first-order valence-electron chi connectivity index (χ1n) is 8.51. The first-order valence-corrected chi connectivity index (χ1v) is 8.51. The molecule has 2 aromatic carbocycles. The van der Waals surface area contributed by atoms with Crippen LogP contribution in [0.3, 0.4) is 0 Å². The molecule has 0 aromatic heterocycles. The van der Waals surface area contributed by atoms with E-state index >= 15 is 0 Å². The van der Waals surface area contributed by atoms with Gasteiger partial charge in [0.15, 0.2) is 11.5 Å². The van der Waals surface area contributed by atoms with E-state index in [1.807, 2.05) is 38.1 Å². The van der Waals surface area contributed by atoms with E-state index in [1.165, 1.54) is 5.56 Å². The first-order chi connectivity index (χ1) is 11.9. The van der Waals surface area contributed by atoms with Gasteiger partial charge in [-0.3, -0.25) is 4.79 Å². The van der Waals surface area contributed by atoms with Crippen molar-refractivity contribution in [1.82, 2.24) is 5.32 Å². The summed E-state index contributed by atoms with van der Waals surface area (Å²) in [5, 5.41) is 3.14. The smallest absolute Gasteiger partial charge is 0.252 e. The standard InChI is InChI=1S/C21H27NO3/c1-7-18(16-8-9-19(24-5)20(12-16)25-6)22-21(23)17-11-14(3)13(2)10-15(17)4/h8-12,18H,7H2,1-6H3,(H,22,23). The zero-order chi connectivity index (χ0) is 18.6. The molecule has 0 aliphatic heterocycles. The maximum Gasteiger partial charge on any atom is 0.252 e.